The van der Waals surface area contributed by atoms with Crippen LogP contribution in [0.3, 0.4) is 0 Å². The van der Waals surface area contributed by atoms with E-state index in [1.807, 2.05) is 38.2 Å². The van der Waals surface area contributed by atoms with Crippen LogP contribution < -0.4 is 5.32 Å². The van der Waals surface area contributed by atoms with Crippen molar-refractivity contribution in [2.75, 3.05) is 18.9 Å². The average molecular weight is 294 g/mol. The lowest BCUT2D eigenvalue weighted by molar-refractivity contribution is -0.117. The molecule has 22 heavy (non-hydrogen) atoms. The Morgan fingerprint density at radius 2 is 2.05 bits per heavy atom. The smallest absolute Gasteiger partial charge is 0.238 e. The van der Waals surface area contributed by atoms with Gasteiger partial charge in [0.15, 0.2) is 0 Å². The summed E-state index contributed by atoms with van der Waals surface area (Å²) in [6.07, 6.45) is 2.19. The number of carbonyl (C=O) groups excluding carboxylic acids is 1. The highest BCUT2D eigenvalue weighted by Gasteiger charge is 2.26. The van der Waals surface area contributed by atoms with Crippen LogP contribution in [-0.4, -0.2) is 24.4 Å². The van der Waals surface area contributed by atoms with Gasteiger partial charge in [-0.1, -0.05) is 36.4 Å². The fourth-order valence-electron chi connectivity index (χ4n) is 3.25. The summed E-state index contributed by atoms with van der Waals surface area (Å²) in [6, 6.07) is 16.8. The first kappa shape index (κ1) is 14.8. The predicted octanol–water partition coefficient (Wildman–Crippen LogP) is 3.55. The Morgan fingerprint density at radius 1 is 1.23 bits per heavy atom. The molecule has 0 aliphatic heterocycles. The van der Waals surface area contributed by atoms with E-state index in [4.69, 9.17) is 0 Å². The van der Waals surface area contributed by atoms with Gasteiger partial charge in [-0.15, -0.1) is 0 Å². The lowest BCUT2D eigenvalue weighted by Gasteiger charge is -2.24. The third kappa shape index (κ3) is 3.20. The van der Waals surface area contributed by atoms with Gasteiger partial charge in [-0.2, -0.15) is 0 Å². The molecule has 0 saturated heterocycles. The molecule has 0 aromatic heterocycles. The molecule has 3 heteroatoms. The van der Waals surface area contributed by atoms with E-state index < -0.39 is 0 Å². The number of hydrogen-bond donors (Lipinski definition) is 1. The van der Waals surface area contributed by atoms with Gasteiger partial charge in [-0.25, -0.2) is 0 Å². The highest BCUT2D eigenvalue weighted by atomic mass is 16.2. The van der Waals surface area contributed by atoms with Gasteiger partial charge in [0.25, 0.3) is 0 Å². The summed E-state index contributed by atoms with van der Waals surface area (Å²) < 4.78 is 0. The standard InChI is InChI=1S/C19H22N2O/c1-14-6-5-8-16(12-14)20-19(22)13-21(2)18-11-10-15-7-3-4-9-17(15)18/h3-9,12,18H,10-11,13H2,1-2H3,(H,20,22)/t18-/m1/s1. The fourth-order valence-corrected chi connectivity index (χ4v) is 3.25. The summed E-state index contributed by atoms with van der Waals surface area (Å²) in [4.78, 5) is 14.4. The zero-order chi connectivity index (χ0) is 15.5. The molecule has 0 saturated carbocycles. The van der Waals surface area contributed by atoms with E-state index in [9.17, 15) is 4.79 Å². The second-order valence-corrected chi connectivity index (χ2v) is 6.09. The molecule has 1 atom stereocenters. The molecule has 2 aromatic rings. The van der Waals surface area contributed by atoms with Crippen LogP contribution in [0.4, 0.5) is 5.69 Å². The molecule has 2 aromatic carbocycles. The fraction of sp³-hybridized carbons (Fsp3) is 0.316. The first-order valence-electron chi connectivity index (χ1n) is 7.78. The van der Waals surface area contributed by atoms with Crippen molar-refractivity contribution in [3.05, 3.63) is 65.2 Å². The van der Waals surface area contributed by atoms with E-state index in [2.05, 4.69) is 34.5 Å². The highest BCUT2D eigenvalue weighted by Crippen LogP contribution is 2.34. The largest absolute Gasteiger partial charge is 0.325 e. The van der Waals surface area contributed by atoms with Gasteiger partial charge in [0, 0.05) is 11.7 Å². The number of hydrogen-bond acceptors (Lipinski definition) is 2. The molecular formula is C19H22N2O. The van der Waals surface area contributed by atoms with Crippen molar-refractivity contribution in [1.29, 1.82) is 0 Å². The summed E-state index contributed by atoms with van der Waals surface area (Å²) in [6.45, 7) is 2.43. The number of benzene rings is 2. The minimum Gasteiger partial charge on any atom is -0.325 e. The molecule has 0 spiro atoms. The van der Waals surface area contributed by atoms with Gasteiger partial charge >= 0.3 is 0 Å². The Hall–Kier alpha value is -2.13. The normalized spacial score (nSPS) is 16.6. The van der Waals surface area contributed by atoms with Crippen molar-refractivity contribution in [2.24, 2.45) is 0 Å². The van der Waals surface area contributed by atoms with Crippen LogP contribution in [0.1, 0.15) is 29.2 Å². The minimum absolute atomic E-state index is 0.0393. The molecular weight excluding hydrogens is 272 g/mol. The minimum atomic E-state index is 0.0393. The number of carbonyl (C=O) groups is 1. The van der Waals surface area contributed by atoms with Gasteiger partial charge in [0.2, 0.25) is 5.91 Å². The molecule has 3 nitrogen and oxygen atoms in total. The average Bonchev–Trinajstić information content (AvgIpc) is 2.91. The molecule has 1 N–H and O–H groups in total. The second kappa shape index (κ2) is 6.32. The quantitative estimate of drug-likeness (QED) is 0.935. The predicted molar refractivity (Wildman–Crippen MR) is 89.9 cm³/mol. The Labute approximate surface area is 132 Å². The van der Waals surface area contributed by atoms with Crippen LogP contribution in [0.15, 0.2) is 48.5 Å². The van der Waals surface area contributed by atoms with Crippen LogP contribution >= 0.6 is 0 Å². The maximum absolute atomic E-state index is 12.3. The SMILES string of the molecule is Cc1cccc(NC(=O)CN(C)[C@@H]2CCc3ccccc32)c1. The van der Waals surface area contributed by atoms with Crippen molar-refractivity contribution < 1.29 is 4.79 Å². The molecule has 114 valence electrons. The Morgan fingerprint density at radius 3 is 2.86 bits per heavy atom. The number of nitrogens with one attached hydrogen (secondary N) is 1. The van der Waals surface area contributed by atoms with Crippen molar-refractivity contribution in [1.82, 2.24) is 4.90 Å². The Balaban J connectivity index is 1.62. The van der Waals surface area contributed by atoms with Crippen molar-refractivity contribution in [3.63, 3.8) is 0 Å². The van der Waals surface area contributed by atoms with Crippen LogP contribution in [0.2, 0.25) is 0 Å². The van der Waals surface area contributed by atoms with E-state index in [1.54, 1.807) is 0 Å². The molecule has 1 amide bonds. The van der Waals surface area contributed by atoms with E-state index in [0.29, 0.717) is 12.6 Å². The third-order valence-electron chi connectivity index (χ3n) is 4.33. The van der Waals surface area contributed by atoms with Gasteiger partial charge in [-0.3, -0.25) is 9.69 Å². The summed E-state index contributed by atoms with van der Waals surface area (Å²) in [5.74, 6) is 0.0393. The van der Waals surface area contributed by atoms with Crippen LogP contribution in [0, 0.1) is 6.92 Å². The van der Waals surface area contributed by atoms with Crippen LogP contribution in [0.5, 0.6) is 0 Å². The molecule has 0 radical (unpaired) electrons. The summed E-state index contributed by atoms with van der Waals surface area (Å²) in [5.41, 5.74) is 4.80. The van der Waals surface area contributed by atoms with Gasteiger partial charge < -0.3 is 5.32 Å². The number of nitrogens with zero attached hydrogens (tertiary/aromatic N) is 1. The lowest BCUT2D eigenvalue weighted by atomic mass is 10.1. The first-order chi connectivity index (χ1) is 10.6. The summed E-state index contributed by atoms with van der Waals surface area (Å²) >= 11 is 0. The van der Waals surface area contributed by atoms with Crippen molar-refractivity contribution in [3.8, 4) is 0 Å². The third-order valence-corrected chi connectivity index (χ3v) is 4.33. The summed E-state index contributed by atoms with van der Waals surface area (Å²) in [5, 5.41) is 2.98. The molecule has 0 unspecified atom stereocenters. The van der Waals surface area contributed by atoms with E-state index in [-0.39, 0.29) is 5.91 Å². The van der Waals surface area contributed by atoms with Crippen molar-refractivity contribution >= 4 is 11.6 Å². The number of aryl methyl sites for hydroxylation is 2. The van der Waals surface area contributed by atoms with E-state index in [1.165, 1.54) is 11.1 Å². The van der Waals surface area contributed by atoms with Gasteiger partial charge in [-0.05, 0) is 55.6 Å². The van der Waals surface area contributed by atoms with Gasteiger partial charge in [0.1, 0.15) is 0 Å². The molecule has 0 bridgehead atoms. The van der Waals surface area contributed by atoms with E-state index >= 15 is 0 Å². The zero-order valence-corrected chi connectivity index (χ0v) is 13.2. The molecule has 1 aliphatic carbocycles. The van der Waals surface area contributed by atoms with E-state index in [0.717, 1.165) is 24.1 Å². The topological polar surface area (TPSA) is 32.3 Å². The number of amides is 1. The monoisotopic (exact) mass is 294 g/mol. The Bertz CT molecular complexity index is 681. The maximum atomic E-state index is 12.3. The molecule has 0 fully saturated rings. The van der Waals surface area contributed by atoms with Crippen LogP contribution in [0.25, 0.3) is 0 Å². The molecule has 1 aliphatic rings. The zero-order valence-electron chi connectivity index (χ0n) is 13.2. The number of anilines is 1. The molecule has 3 rings (SSSR count). The molecule has 0 heterocycles. The van der Waals surface area contributed by atoms with Crippen molar-refractivity contribution in [2.45, 2.75) is 25.8 Å². The van der Waals surface area contributed by atoms with Gasteiger partial charge in [0.05, 0.1) is 6.54 Å². The number of likely N-dealkylation sites (N-methyl/N-ethyl adjacent to an activating group) is 1. The van der Waals surface area contributed by atoms with Crippen LogP contribution in [-0.2, 0) is 11.2 Å². The number of rotatable bonds is 4. The maximum Gasteiger partial charge on any atom is 0.238 e. The Kier molecular flexibility index (Phi) is 4.25. The summed E-state index contributed by atoms with van der Waals surface area (Å²) in [7, 11) is 2.03. The number of fused-ring (bicyclic) bond motifs is 1. The lowest BCUT2D eigenvalue weighted by Crippen LogP contribution is -2.32. The second-order valence-electron chi connectivity index (χ2n) is 6.09. The first-order valence-corrected chi connectivity index (χ1v) is 7.78. The highest BCUT2D eigenvalue weighted by molar-refractivity contribution is 5.92.